The van der Waals surface area contributed by atoms with E-state index in [4.69, 9.17) is 4.74 Å². The number of rotatable bonds is 4. The van der Waals surface area contributed by atoms with Crippen LogP contribution < -0.4 is 4.74 Å². The molecule has 2 rings (SSSR count). The van der Waals surface area contributed by atoms with Gasteiger partial charge in [-0.3, -0.25) is 9.78 Å². The topological polar surface area (TPSA) is 39.2 Å². The lowest BCUT2D eigenvalue weighted by atomic mass is 10.1. The molecule has 0 saturated heterocycles. The molecule has 96 valence electrons. The minimum Gasteiger partial charge on any atom is -0.496 e. The number of carbonyl (C=O) groups excluding carboxylic acids is 1. The largest absolute Gasteiger partial charge is 0.496 e. The quantitative estimate of drug-likeness (QED) is 0.624. The molecule has 1 aromatic heterocycles. The Kier molecular flexibility index (Phi) is 4.03. The Morgan fingerprint density at radius 3 is 2.84 bits per heavy atom. The highest BCUT2D eigenvalue weighted by Gasteiger charge is 2.14. The second-order valence-corrected chi connectivity index (χ2v) is 3.80. The average Bonchev–Trinajstić information content (AvgIpc) is 2.45. The van der Waals surface area contributed by atoms with Gasteiger partial charge in [-0.2, -0.15) is 0 Å². The molecule has 0 fully saturated rings. The molecule has 19 heavy (non-hydrogen) atoms. The van der Waals surface area contributed by atoms with Crippen molar-refractivity contribution in [2.45, 2.75) is 0 Å². The maximum absolute atomic E-state index is 13.7. The number of pyridine rings is 1. The average molecular weight is 257 g/mol. The standard InChI is InChI=1S/C15H12FNO2/c1-19-14-6-2-5-12(16)15(14)13(18)8-7-11-4-3-9-17-10-11/h2-10H,1H3/b8-7+. The first-order chi connectivity index (χ1) is 9.22. The first-order valence-corrected chi connectivity index (χ1v) is 5.67. The molecule has 0 unspecified atom stereocenters. The van der Waals surface area contributed by atoms with Crippen molar-refractivity contribution in [3.8, 4) is 5.75 Å². The fraction of sp³-hybridized carbons (Fsp3) is 0.0667. The number of carbonyl (C=O) groups is 1. The summed E-state index contributed by atoms with van der Waals surface area (Å²) in [7, 11) is 1.40. The predicted molar refractivity (Wildman–Crippen MR) is 70.6 cm³/mol. The predicted octanol–water partition coefficient (Wildman–Crippen LogP) is 3.13. The number of halogens is 1. The Balaban J connectivity index is 2.28. The Bertz CT molecular complexity index is 609. The number of benzene rings is 1. The number of ketones is 1. The first-order valence-electron chi connectivity index (χ1n) is 5.67. The number of nitrogens with zero attached hydrogens (tertiary/aromatic N) is 1. The highest BCUT2D eigenvalue weighted by atomic mass is 19.1. The molecular weight excluding hydrogens is 245 g/mol. The van der Waals surface area contributed by atoms with Crippen molar-refractivity contribution in [3.05, 3.63) is 65.7 Å². The van der Waals surface area contributed by atoms with E-state index in [1.807, 2.05) is 0 Å². The molecule has 2 aromatic rings. The second-order valence-electron chi connectivity index (χ2n) is 3.80. The molecule has 0 radical (unpaired) electrons. The van der Waals surface area contributed by atoms with Crippen LogP contribution in [0.1, 0.15) is 15.9 Å². The van der Waals surface area contributed by atoms with Crippen LogP contribution in [0.25, 0.3) is 6.08 Å². The Morgan fingerprint density at radius 2 is 2.16 bits per heavy atom. The van der Waals surface area contributed by atoms with Crippen LogP contribution in [0.4, 0.5) is 4.39 Å². The van der Waals surface area contributed by atoms with Gasteiger partial charge in [-0.1, -0.05) is 12.1 Å². The number of aromatic nitrogens is 1. The van der Waals surface area contributed by atoms with E-state index in [0.29, 0.717) is 0 Å². The lowest BCUT2D eigenvalue weighted by Gasteiger charge is -2.06. The summed E-state index contributed by atoms with van der Waals surface area (Å²) in [6.07, 6.45) is 6.14. The van der Waals surface area contributed by atoms with Gasteiger partial charge in [0.05, 0.1) is 12.7 Å². The van der Waals surface area contributed by atoms with Gasteiger partial charge in [0.2, 0.25) is 0 Å². The molecule has 1 aromatic carbocycles. The zero-order valence-electron chi connectivity index (χ0n) is 10.3. The molecule has 0 aliphatic carbocycles. The summed E-state index contributed by atoms with van der Waals surface area (Å²) in [5.41, 5.74) is 0.705. The molecule has 0 atom stereocenters. The lowest BCUT2D eigenvalue weighted by Crippen LogP contribution is -2.02. The molecule has 1 heterocycles. The fourth-order valence-electron chi connectivity index (χ4n) is 1.64. The van der Waals surface area contributed by atoms with E-state index in [1.54, 1.807) is 36.7 Å². The van der Waals surface area contributed by atoms with Gasteiger partial charge in [0, 0.05) is 12.4 Å². The SMILES string of the molecule is COc1cccc(F)c1C(=O)/C=C/c1cccnc1. The van der Waals surface area contributed by atoms with Gasteiger partial charge in [-0.05, 0) is 35.9 Å². The van der Waals surface area contributed by atoms with Crippen molar-refractivity contribution in [1.29, 1.82) is 0 Å². The van der Waals surface area contributed by atoms with E-state index in [-0.39, 0.29) is 11.3 Å². The van der Waals surface area contributed by atoms with Gasteiger partial charge in [-0.15, -0.1) is 0 Å². The summed E-state index contributed by atoms with van der Waals surface area (Å²) in [4.78, 5) is 15.9. The maximum atomic E-state index is 13.7. The molecule has 0 amide bonds. The van der Waals surface area contributed by atoms with Gasteiger partial charge in [0.15, 0.2) is 5.78 Å². The van der Waals surface area contributed by atoms with Crippen molar-refractivity contribution < 1.29 is 13.9 Å². The van der Waals surface area contributed by atoms with Crippen LogP contribution in [0.3, 0.4) is 0 Å². The summed E-state index contributed by atoms with van der Waals surface area (Å²) in [6.45, 7) is 0. The Morgan fingerprint density at radius 1 is 1.32 bits per heavy atom. The number of ether oxygens (including phenoxy) is 1. The summed E-state index contributed by atoms with van der Waals surface area (Å²) < 4.78 is 18.7. The van der Waals surface area contributed by atoms with Crippen molar-refractivity contribution in [3.63, 3.8) is 0 Å². The lowest BCUT2D eigenvalue weighted by molar-refractivity contribution is 0.104. The number of hydrogen-bond acceptors (Lipinski definition) is 3. The number of allylic oxidation sites excluding steroid dienone is 1. The summed E-state index contributed by atoms with van der Waals surface area (Å²) in [5, 5.41) is 0. The van der Waals surface area contributed by atoms with E-state index >= 15 is 0 Å². The molecule has 4 heteroatoms. The molecule has 0 aliphatic heterocycles. The monoisotopic (exact) mass is 257 g/mol. The highest BCUT2D eigenvalue weighted by Crippen LogP contribution is 2.22. The summed E-state index contributed by atoms with van der Waals surface area (Å²) >= 11 is 0. The first kappa shape index (κ1) is 13.0. The van der Waals surface area contributed by atoms with Crippen LogP contribution in [0.5, 0.6) is 5.75 Å². The number of methoxy groups -OCH3 is 1. The van der Waals surface area contributed by atoms with Crippen molar-refractivity contribution in [2.24, 2.45) is 0 Å². The maximum Gasteiger partial charge on any atom is 0.192 e. The molecule has 0 bridgehead atoms. The number of hydrogen-bond donors (Lipinski definition) is 0. The Hall–Kier alpha value is -2.49. The van der Waals surface area contributed by atoms with Gasteiger partial charge < -0.3 is 4.74 Å². The van der Waals surface area contributed by atoms with Gasteiger partial charge >= 0.3 is 0 Å². The van der Waals surface area contributed by atoms with Crippen LogP contribution in [-0.4, -0.2) is 17.9 Å². The van der Waals surface area contributed by atoms with Gasteiger partial charge in [-0.25, -0.2) is 4.39 Å². The molecule has 0 spiro atoms. The minimum absolute atomic E-state index is 0.0647. The van der Waals surface area contributed by atoms with Crippen LogP contribution in [0.2, 0.25) is 0 Å². The van der Waals surface area contributed by atoms with Crippen molar-refractivity contribution >= 4 is 11.9 Å². The van der Waals surface area contributed by atoms with Crippen molar-refractivity contribution in [2.75, 3.05) is 7.11 Å². The smallest absolute Gasteiger partial charge is 0.192 e. The van der Waals surface area contributed by atoms with Crippen LogP contribution in [-0.2, 0) is 0 Å². The van der Waals surface area contributed by atoms with Crippen LogP contribution in [0, 0.1) is 5.82 Å². The highest BCUT2D eigenvalue weighted by molar-refractivity contribution is 6.08. The van der Waals surface area contributed by atoms with Crippen LogP contribution >= 0.6 is 0 Å². The Labute approximate surface area is 110 Å². The third-order valence-corrected chi connectivity index (χ3v) is 2.55. The van der Waals surface area contributed by atoms with Gasteiger partial charge in [0.1, 0.15) is 11.6 Å². The van der Waals surface area contributed by atoms with E-state index in [1.165, 1.54) is 25.3 Å². The van der Waals surface area contributed by atoms with E-state index in [2.05, 4.69) is 4.98 Å². The second kappa shape index (κ2) is 5.91. The molecule has 0 saturated carbocycles. The molecule has 0 N–H and O–H groups in total. The van der Waals surface area contributed by atoms with E-state index in [0.717, 1.165) is 5.56 Å². The van der Waals surface area contributed by atoms with Gasteiger partial charge in [0.25, 0.3) is 0 Å². The summed E-state index contributed by atoms with van der Waals surface area (Å²) in [6, 6.07) is 7.83. The van der Waals surface area contributed by atoms with Crippen molar-refractivity contribution in [1.82, 2.24) is 4.98 Å². The van der Waals surface area contributed by atoms with Crippen LogP contribution in [0.15, 0.2) is 48.8 Å². The third-order valence-electron chi connectivity index (χ3n) is 2.55. The normalized spacial score (nSPS) is 10.6. The minimum atomic E-state index is -0.597. The fourth-order valence-corrected chi connectivity index (χ4v) is 1.64. The molecular formula is C15H12FNO2. The zero-order valence-corrected chi connectivity index (χ0v) is 10.3. The van der Waals surface area contributed by atoms with E-state index < -0.39 is 11.6 Å². The van der Waals surface area contributed by atoms with E-state index in [9.17, 15) is 9.18 Å². The summed E-state index contributed by atoms with van der Waals surface area (Å²) in [5.74, 6) is -0.820. The molecule has 3 nitrogen and oxygen atoms in total. The molecule has 0 aliphatic rings. The zero-order chi connectivity index (χ0) is 13.7. The third kappa shape index (κ3) is 3.04.